The van der Waals surface area contributed by atoms with Crippen molar-refractivity contribution in [2.75, 3.05) is 13.1 Å². The lowest BCUT2D eigenvalue weighted by atomic mass is 9.82. The first kappa shape index (κ1) is 18.7. The van der Waals surface area contributed by atoms with Gasteiger partial charge in [-0.3, -0.25) is 9.58 Å². The molecule has 1 aromatic heterocycles. The maximum absolute atomic E-state index is 6.15. The SMILES string of the molecule is CC1(C)OB(c2cnn(C3CCN(Cc4ccccc4)CC3)c2)OC1(C)C. The fraction of sp³-hybridized carbons (Fsp3) is 0.571. The first-order valence-corrected chi connectivity index (χ1v) is 10.00. The summed E-state index contributed by atoms with van der Waals surface area (Å²) in [6.45, 7) is 11.6. The van der Waals surface area contributed by atoms with Crippen LogP contribution in [0.4, 0.5) is 0 Å². The molecule has 0 spiro atoms. The Morgan fingerprint density at radius 1 is 1.04 bits per heavy atom. The predicted molar refractivity (Wildman–Crippen MR) is 108 cm³/mol. The zero-order valence-corrected chi connectivity index (χ0v) is 16.9. The zero-order chi connectivity index (χ0) is 19.1. The van der Waals surface area contributed by atoms with Crippen molar-refractivity contribution in [2.45, 2.75) is 64.3 Å². The van der Waals surface area contributed by atoms with E-state index in [-0.39, 0.29) is 18.3 Å². The molecule has 2 fully saturated rings. The van der Waals surface area contributed by atoms with Gasteiger partial charge in [0.25, 0.3) is 0 Å². The summed E-state index contributed by atoms with van der Waals surface area (Å²) in [6.07, 6.45) is 6.26. The second-order valence-corrected chi connectivity index (χ2v) is 8.83. The van der Waals surface area contributed by atoms with E-state index >= 15 is 0 Å². The summed E-state index contributed by atoms with van der Waals surface area (Å²) in [5.74, 6) is 0. The molecule has 5 nitrogen and oxygen atoms in total. The maximum Gasteiger partial charge on any atom is 0.498 e. The summed E-state index contributed by atoms with van der Waals surface area (Å²) >= 11 is 0. The molecule has 4 rings (SSSR count). The highest BCUT2D eigenvalue weighted by atomic mass is 16.7. The summed E-state index contributed by atoms with van der Waals surface area (Å²) in [6, 6.07) is 11.2. The van der Waals surface area contributed by atoms with Crippen LogP contribution in [0.1, 0.15) is 52.1 Å². The van der Waals surface area contributed by atoms with Crippen LogP contribution in [0.3, 0.4) is 0 Å². The Labute approximate surface area is 162 Å². The summed E-state index contributed by atoms with van der Waals surface area (Å²) in [7, 11) is -0.332. The lowest BCUT2D eigenvalue weighted by Crippen LogP contribution is -2.41. The Hall–Kier alpha value is -1.63. The molecule has 2 aromatic rings. The van der Waals surface area contributed by atoms with Gasteiger partial charge in [-0.15, -0.1) is 0 Å². The van der Waals surface area contributed by atoms with Gasteiger partial charge < -0.3 is 9.31 Å². The molecule has 27 heavy (non-hydrogen) atoms. The molecule has 0 bridgehead atoms. The summed E-state index contributed by atoms with van der Waals surface area (Å²) in [5, 5.41) is 4.63. The number of benzene rings is 1. The van der Waals surface area contributed by atoms with Crippen molar-refractivity contribution in [1.29, 1.82) is 0 Å². The van der Waals surface area contributed by atoms with Crippen molar-refractivity contribution < 1.29 is 9.31 Å². The second kappa shape index (κ2) is 7.08. The number of hydrogen-bond acceptors (Lipinski definition) is 4. The molecule has 2 aliphatic rings. The molecule has 144 valence electrons. The van der Waals surface area contributed by atoms with Crippen LogP contribution in [-0.4, -0.2) is 46.1 Å². The summed E-state index contributed by atoms with van der Waals surface area (Å²) in [4.78, 5) is 2.53. The zero-order valence-electron chi connectivity index (χ0n) is 16.9. The van der Waals surface area contributed by atoms with Crippen LogP contribution in [0, 0.1) is 0 Å². The number of rotatable bonds is 4. The molecule has 0 N–H and O–H groups in total. The van der Waals surface area contributed by atoms with Crippen LogP contribution in [-0.2, 0) is 15.9 Å². The fourth-order valence-electron chi connectivity index (χ4n) is 3.84. The first-order valence-electron chi connectivity index (χ1n) is 10.00. The topological polar surface area (TPSA) is 39.5 Å². The van der Waals surface area contributed by atoms with Crippen LogP contribution >= 0.6 is 0 Å². The Kier molecular flexibility index (Phi) is 4.91. The minimum atomic E-state index is -0.332. The van der Waals surface area contributed by atoms with Crippen molar-refractivity contribution >= 4 is 12.6 Å². The third-order valence-corrected chi connectivity index (χ3v) is 6.33. The van der Waals surface area contributed by atoms with Gasteiger partial charge in [0, 0.05) is 37.5 Å². The molecule has 0 saturated carbocycles. The lowest BCUT2D eigenvalue weighted by Gasteiger charge is -2.32. The van der Waals surface area contributed by atoms with E-state index in [1.54, 1.807) is 0 Å². The highest BCUT2D eigenvalue weighted by Gasteiger charge is 2.52. The van der Waals surface area contributed by atoms with Crippen LogP contribution in [0.15, 0.2) is 42.7 Å². The fourth-order valence-corrected chi connectivity index (χ4v) is 3.84. The lowest BCUT2D eigenvalue weighted by molar-refractivity contribution is 0.00578. The molecule has 0 unspecified atom stereocenters. The van der Waals surface area contributed by atoms with E-state index in [2.05, 4.69) is 78.9 Å². The predicted octanol–water partition coefficient (Wildman–Crippen LogP) is 3.02. The molecule has 0 aliphatic carbocycles. The average Bonchev–Trinajstić information content (AvgIpc) is 3.19. The molecule has 0 amide bonds. The van der Waals surface area contributed by atoms with Gasteiger partial charge in [0.2, 0.25) is 0 Å². The quantitative estimate of drug-likeness (QED) is 0.779. The van der Waals surface area contributed by atoms with Gasteiger partial charge in [0.05, 0.1) is 17.2 Å². The molecule has 1 aromatic carbocycles. The highest BCUT2D eigenvalue weighted by molar-refractivity contribution is 6.62. The normalized spacial score (nSPS) is 23.0. The number of piperidine rings is 1. The van der Waals surface area contributed by atoms with Crippen LogP contribution in [0.25, 0.3) is 0 Å². The van der Waals surface area contributed by atoms with E-state index in [0.29, 0.717) is 6.04 Å². The third kappa shape index (κ3) is 3.84. The van der Waals surface area contributed by atoms with Gasteiger partial charge in [0.1, 0.15) is 0 Å². The Bertz CT molecular complexity index is 751. The Morgan fingerprint density at radius 2 is 1.67 bits per heavy atom. The van der Waals surface area contributed by atoms with Crippen molar-refractivity contribution in [3.8, 4) is 0 Å². The van der Waals surface area contributed by atoms with Crippen molar-refractivity contribution in [2.24, 2.45) is 0 Å². The van der Waals surface area contributed by atoms with Crippen molar-refractivity contribution in [1.82, 2.24) is 14.7 Å². The van der Waals surface area contributed by atoms with E-state index in [0.717, 1.165) is 37.9 Å². The van der Waals surface area contributed by atoms with Crippen LogP contribution in [0.5, 0.6) is 0 Å². The van der Waals surface area contributed by atoms with Crippen LogP contribution in [0.2, 0.25) is 0 Å². The molecule has 6 heteroatoms. The van der Waals surface area contributed by atoms with Gasteiger partial charge in [-0.1, -0.05) is 30.3 Å². The molecular formula is C21H30BN3O2. The average molecular weight is 367 g/mol. The molecule has 2 aliphatic heterocycles. The van der Waals surface area contributed by atoms with Gasteiger partial charge >= 0.3 is 7.12 Å². The van der Waals surface area contributed by atoms with Crippen molar-refractivity contribution in [3.63, 3.8) is 0 Å². The molecule has 0 radical (unpaired) electrons. The monoisotopic (exact) mass is 367 g/mol. The standard InChI is InChI=1S/C21H30BN3O2/c1-20(2)21(3,4)27-22(26-20)18-14-23-25(16-18)19-10-12-24(13-11-19)15-17-8-6-5-7-9-17/h5-9,14,16,19H,10-13,15H2,1-4H3. The molecule has 3 heterocycles. The van der Waals surface area contributed by atoms with E-state index in [9.17, 15) is 0 Å². The van der Waals surface area contributed by atoms with Crippen LogP contribution < -0.4 is 5.46 Å². The Morgan fingerprint density at radius 3 is 2.30 bits per heavy atom. The third-order valence-electron chi connectivity index (χ3n) is 6.33. The van der Waals surface area contributed by atoms with E-state index in [4.69, 9.17) is 9.31 Å². The van der Waals surface area contributed by atoms with Gasteiger partial charge in [-0.2, -0.15) is 5.10 Å². The molecule has 2 saturated heterocycles. The van der Waals surface area contributed by atoms with E-state index in [1.165, 1.54) is 5.56 Å². The first-order chi connectivity index (χ1) is 12.8. The maximum atomic E-state index is 6.15. The highest BCUT2D eigenvalue weighted by Crippen LogP contribution is 2.36. The number of aromatic nitrogens is 2. The minimum absolute atomic E-state index is 0.317. The summed E-state index contributed by atoms with van der Waals surface area (Å²) < 4.78 is 14.4. The smallest absolute Gasteiger partial charge is 0.399 e. The van der Waals surface area contributed by atoms with Gasteiger partial charge in [-0.25, -0.2) is 0 Å². The molecular weight excluding hydrogens is 337 g/mol. The van der Waals surface area contributed by atoms with E-state index < -0.39 is 0 Å². The van der Waals surface area contributed by atoms with Crippen molar-refractivity contribution in [3.05, 3.63) is 48.3 Å². The number of hydrogen-bond donors (Lipinski definition) is 0. The largest absolute Gasteiger partial charge is 0.498 e. The second-order valence-electron chi connectivity index (χ2n) is 8.83. The number of nitrogens with zero attached hydrogens (tertiary/aromatic N) is 3. The Balaban J connectivity index is 1.35. The summed E-state index contributed by atoms with van der Waals surface area (Å²) in [5.41, 5.74) is 1.77. The molecule has 0 atom stereocenters. The van der Waals surface area contributed by atoms with E-state index in [1.807, 2.05) is 6.20 Å². The van der Waals surface area contributed by atoms with Gasteiger partial charge in [0.15, 0.2) is 0 Å². The number of likely N-dealkylation sites (tertiary alicyclic amines) is 1. The van der Waals surface area contributed by atoms with Gasteiger partial charge in [-0.05, 0) is 46.1 Å². The minimum Gasteiger partial charge on any atom is -0.399 e.